The van der Waals surface area contributed by atoms with Crippen LogP contribution in [0, 0.1) is 5.82 Å². The van der Waals surface area contributed by atoms with Gasteiger partial charge in [0.25, 0.3) is 0 Å². The van der Waals surface area contributed by atoms with Gasteiger partial charge in [0, 0.05) is 18.4 Å². The van der Waals surface area contributed by atoms with Crippen molar-refractivity contribution in [3.63, 3.8) is 0 Å². The number of esters is 1. The molecule has 0 atom stereocenters. The smallest absolute Gasteiger partial charge is 0.306 e. The van der Waals surface area contributed by atoms with E-state index in [9.17, 15) is 9.18 Å². The van der Waals surface area contributed by atoms with Crippen LogP contribution < -0.4 is 9.47 Å². The molecule has 1 aliphatic heterocycles. The molecular weight excluding hydrogens is 415 g/mol. The highest BCUT2D eigenvalue weighted by atomic mass is 35.5. The highest BCUT2D eigenvalue weighted by Gasteiger charge is 2.17. The van der Waals surface area contributed by atoms with Crippen molar-refractivity contribution in [3.8, 4) is 22.9 Å². The fourth-order valence-electron chi connectivity index (χ4n) is 2.89. The van der Waals surface area contributed by atoms with Gasteiger partial charge in [-0.25, -0.2) is 4.39 Å². The zero-order chi connectivity index (χ0) is 20.9. The number of benzene rings is 2. The molecule has 1 aromatic heterocycles. The van der Waals surface area contributed by atoms with Gasteiger partial charge >= 0.3 is 5.97 Å². The summed E-state index contributed by atoms with van der Waals surface area (Å²) in [7, 11) is 0. The van der Waals surface area contributed by atoms with Crippen LogP contribution in [0.2, 0.25) is 5.02 Å². The Labute approximate surface area is 176 Å². The van der Waals surface area contributed by atoms with E-state index in [1.54, 1.807) is 24.3 Å². The normalized spacial score (nSPS) is 13.0. The Morgan fingerprint density at radius 2 is 1.97 bits per heavy atom. The summed E-state index contributed by atoms with van der Waals surface area (Å²) in [6.45, 7) is 1.14. The monoisotopic (exact) mass is 432 g/mol. The van der Waals surface area contributed by atoms with Crippen LogP contribution >= 0.6 is 11.6 Å². The van der Waals surface area contributed by atoms with E-state index in [1.165, 1.54) is 12.1 Å². The second-order valence-corrected chi connectivity index (χ2v) is 7.04. The molecule has 1 aliphatic rings. The quantitative estimate of drug-likeness (QED) is 0.535. The molecule has 4 rings (SSSR count). The van der Waals surface area contributed by atoms with E-state index in [0.717, 1.165) is 6.42 Å². The van der Waals surface area contributed by atoms with Gasteiger partial charge in [-0.15, -0.1) is 0 Å². The van der Waals surface area contributed by atoms with Crippen LogP contribution in [0.4, 0.5) is 4.39 Å². The van der Waals surface area contributed by atoms with Crippen molar-refractivity contribution in [2.24, 2.45) is 0 Å². The van der Waals surface area contributed by atoms with E-state index >= 15 is 0 Å². The Balaban J connectivity index is 1.30. The third-order valence-corrected chi connectivity index (χ3v) is 4.66. The third-order valence-electron chi connectivity index (χ3n) is 4.38. The number of halogens is 2. The Kier molecular flexibility index (Phi) is 6.13. The van der Waals surface area contributed by atoms with Gasteiger partial charge in [0.15, 0.2) is 11.5 Å². The average Bonchev–Trinajstić information content (AvgIpc) is 3.08. The average molecular weight is 433 g/mol. The summed E-state index contributed by atoms with van der Waals surface area (Å²) in [6, 6.07) is 9.18. The van der Waals surface area contributed by atoms with E-state index in [0.29, 0.717) is 52.6 Å². The number of hydrogen-bond donors (Lipinski definition) is 0. The Morgan fingerprint density at radius 3 is 2.80 bits per heavy atom. The van der Waals surface area contributed by atoms with E-state index in [2.05, 4.69) is 10.1 Å². The van der Waals surface area contributed by atoms with E-state index in [1.807, 2.05) is 0 Å². The van der Waals surface area contributed by atoms with Crippen molar-refractivity contribution in [2.45, 2.75) is 25.9 Å². The molecule has 9 heteroatoms. The number of hydrogen-bond acceptors (Lipinski definition) is 7. The number of ether oxygens (including phenoxy) is 3. The van der Waals surface area contributed by atoms with Gasteiger partial charge < -0.3 is 18.7 Å². The lowest BCUT2D eigenvalue weighted by atomic mass is 10.2. The summed E-state index contributed by atoms with van der Waals surface area (Å²) in [4.78, 5) is 16.3. The third kappa shape index (κ3) is 4.88. The molecule has 0 spiro atoms. The van der Waals surface area contributed by atoms with Gasteiger partial charge in [-0.05, 0) is 42.0 Å². The number of aryl methyl sites for hydroxylation is 1. The fourth-order valence-corrected chi connectivity index (χ4v) is 3.17. The Bertz CT molecular complexity index is 1040. The molecule has 0 amide bonds. The molecule has 7 nitrogen and oxygen atoms in total. The van der Waals surface area contributed by atoms with Crippen molar-refractivity contribution in [1.82, 2.24) is 10.1 Å². The predicted octanol–water partition coefficient (Wildman–Crippen LogP) is 4.37. The maximum absolute atomic E-state index is 13.0. The summed E-state index contributed by atoms with van der Waals surface area (Å²) in [5, 5.41) is 4.26. The van der Waals surface area contributed by atoms with Gasteiger partial charge in [-0.3, -0.25) is 4.79 Å². The molecule has 0 N–H and O–H groups in total. The number of aromatic nitrogens is 2. The molecule has 2 aromatic carbocycles. The molecule has 0 saturated carbocycles. The largest absolute Gasteiger partial charge is 0.489 e. The van der Waals surface area contributed by atoms with Crippen LogP contribution in [0.5, 0.6) is 11.5 Å². The minimum atomic E-state index is -0.417. The first-order valence-corrected chi connectivity index (χ1v) is 9.78. The number of carbonyl (C=O) groups is 1. The lowest BCUT2D eigenvalue weighted by Crippen LogP contribution is -2.06. The van der Waals surface area contributed by atoms with Crippen LogP contribution in [0.1, 0.15) is 24.3 Å². The molecular formula is C21H18ClFN2O5. The summed E-state index contributed by atoms with van der Waals surface area (Å²) in [5.74, 6) is 0.924. The molecule has 0 radical (unpaired) electrons. The lowest BCUT2D eigenvalue weighted by Gasteiger charge is -2.11. The first kappa shape index (κ1) is 20.2. The minimum Gasteiger partial charge on any atom is -0.489 e. The topological polar surface area (TPSA) is 83.7 Å². The zero-order valence-electron chi connectivity index (χ0n) is 15.9. The molecule has 3 aromatic rings. The van der Waals surface area contributed by atoms with Crippen LogP contribution in [0.3, 0.4) is 0 Å². The van der Waals surface area contributed by atoms with Crippen molar-refractivity contribution in [3.05, 3.63) is 58.7 Å². The molecule has 0 saturated heterocycles. The van der Waals surface area contributed by atoms with Gasteiger partial charge in [0.2, 0.25) is 11.7 Å². The second-order valence-electron chi connectivity index (χ2n) is 6.63. The highest BCUT2D eigenvalue weighted by Crippen LogP contribution is 2.38. The van der Waals surface area contributed by atoms with Crippen LogP contribution in [-0.2, 0) is 22.6 Å². The van der Waals surface area contributed by atoms with E-state index < -0.39 is 5.97 Å². The number of fused-ring (bicyclic) bond motifs is 1. The standard InChI is InChI=1S/C21H18ClFN2O5/c22-16-10-13(11-17-20(16)28-9-1-8-27-17)12-29-19(26)7-6-18-24-21(25-30-18)14-2-4-15(23)5-3-14/h2-5,10-11H,1,6-9,12H2. The first-order chi connectivity index (χ1) is 14.6. The van der Waals surface area contributed by atoms with Gasteiger partial charge in [0.1, 0.15) is 12.4 Å². The zero-order valence-corrected chi connectivity index (χ0v) is 16.7. The maximum atomic E-state index is 13.0. The number of nitrogens with zero attached hydrogens (tertiary/aromatic N) is 2. The first-order valence-electron chi connectivity index (χ1n) is 9.40. The van der Waals surface area contributed by atoms with Crippen LogP contribution in [0.15, 0.2) is 40.9 Å². The predicted molar refractivity (Wildman–Crippen MR) is 105 cm³/mol. The second kappa shape index (κ2) is 9.13. The van der Waals surface area contributed by atoms with E-state index in [-0.39, 0.29) is 25.3 Å². The van der Waals surface area contributed by atoms with E-state index in [4.69, 9.17) is 30.3 Å². The maximum Gasteiger partial charge on any atom is 0.306 e. The molecule has 0 unspecified atom stereocenters. The lowest BCUT2D eigenvalue weighted by molar-refractivity contribution is -0.145. The molecule has 0 fully saturated rings. The van der Waals surface area contributed by atoms with Crippen molar-refractivity contribution in [2.75, 3.05) is 13.2 Å². The number of rotatable bonds is 6. The fraction of sp³-hybridized carbons (Fsp3) is 0.286. The molecule has 0 aliphatic carbocycles. The summed E-state index contributed by atoms with van der Waals surface area (Å²) >= 11 is 6.24. The Morgan fingerprint density at radius 1 is 1.17 bits per heavy atom. The SMILES string of the molecule is O=C(CCc1nc(-c2ccc(F)cc2)no1)OCc1cc(Cl)c2c(c1)OCCCO2. The van der Waals surface area contributed by atoms with Gasteiger partial charge in [-0.1, -0.05) is 16.8 Å². The van der Waals surface area contributed by atoms with Gasteiger partial charge in [-0.2, -0.15) is 4.98 Å². The minimum absolute atomic E-state index is 0.0554. The number of carbonyl (C=O) groups excluding carboxylic acids is 1. The molecule has 156 valence electrons. The summed E-state index contributed by atoms with van der Waals surface area (Å²) in [6.07, 6.45) is 1.08. The summed E-state index contributed by atoms with van der Waals surface area (Å²) in [5.41, 5.74) is 1.33. The van der Waals surface area contributed by atoms with Crippen molar-refractivity contribution in [1.29, 1.82) is 0 Å². The highest BCUT2D eigenvalue weighted by molar-refractivity contribution is 6.32. The Hall–Kier alpha value is -3.13. The van der Waals surface area contributed by atoms with Crippen molar-refractivity contribution >= 4 is 17.6 Å². The van der Waals surface area contributed by atoms with Crippen LogP contribution in [0.25, 0.3) is 11.4 Å². The van der Waals surface area contributed by atoms with Gasteiger partial charge in [0.05, 0.1) is 24.7 Å². The summed E-state index contributed by atoms with van der Waals surface area (Å²) < 4.78 is 34.7. The molecule has 30 heavy (non-hydrogen) atoms. The molecule has 0 bridgehead atoms. The van der Waals surface area contributed by atoms with Crippen molar-refractivity contribution < 1.29 is 27.9 Å². The van der Waals surface area contributed by atoms with Crippen LogP contribution in [-0.4, -0.2) is 29.3 Å². The molecule has 2 heterocycles.